The van der Waals surface area contributed by atoms with Crippen LogP contribution in [0.1, 0.15) is 25.8 Å². The van der Waals surface area contributed by atoms with E-state index in [4.69, 9.17) is 4.42 Å². The van der Waals surface area contributed by atoms with E-state index in [0.29, 0.717) is 5.58 Å². The number of nitrogens with zero attached hydrogens (tertiary/aromatic N) is 1. The summed E-state index contributed by atoms with van der Waals surface area (Å²) in [5.74, 6) is 0.162. The lowest BCUT2D eigenvalue weighted by Gasteiger charge is -2.14. The summed E-state index contributed by atoms with van der Waals surface area (Å²) in [4.78, 5) is 25.8. The predicted octanol–water partition coefficient (Wildman–Crippen LogP) is 3.02. The Kier molecular flexibility index (Phi) is 4.46. The lowest BCUT2D eigenvalue weighted by molar-refractivity contribution is -0.121. The van der Waals surface area contributed by atoms with Gasteiger partial charge in [-0.05, 0) is 24.1 Å². The molecule has 1 aromatic heterocycles. The molecule has 21 heavy (non-hydrogen) atoms. The first kappa shape index (κ1) is 15.3. The fourth-order valence-corrected chi connectivity index (χ4v) is 2.23. The van der Waals surface area contributed by atoms with Crippen LogP contribution in [0.2, 0.25) is 0 Å². The Morgan fingerprint density at radius 2 is 2.00 bits per heavy atom. The largest absolute Gasteiger partial charge is 0.423 e. The van der Waals surface area contributed by atoms with Crippen LogP contribution in [0.5, 0.6) is 0 Å². The second kappa shape index (κ2) is 6.12. The van der Waals surface area contributed by atoms with E-state index in [1.54, 1.807) is 0 Å². The standard InChI is InChI=1S/C17H21NO3/c1-5-11(2)15(19)8-12-9-17(20)21-16-10-13(18(3)4)6-7-14(12)16/h6-7,9-11H,5,8H2,1-4H3. The van der Waals surface area contributed by atoms with Crippen molar-refractivity contribution in [1.82, 2.24) is 0 Å². The number of hydrogen-bond acceptors (Lipinski definition) is 4. The van der Waals surface area contributed by atoms with Crippen LogP contribution in [0.4, 0.5) is 5.69 Å². The number of anilines is 1. The van der Waals surface area contributed by atoms with Crippen molar-refractivity contribution in [2.75, 3.05) is 19.0 Å². The third-order valence-electron chi connectivity index (χ3n) is 3.86. The summed E-state index contributed by atoms with van der Waals surface area (Å²) in [6, 6.07) is 7.12. The smallest absolute Gasteiger partial charge is 0.336 e. The van der Waals surface area contributed by atoms with Crippen LogP contribution < -0.4 is 10.5 Å². The SMILES string of the molecule is CCC(C)C(=O)Cc1cc(=O)oc2cc(N(C)C)ccc12. The zero-order valence-electron chi connectivity index (χ0n) is 13.0. The Hall–Kier alpha value is -2.10. The zero-order chi connectivity index (χ0) is 15.6. The third-order valence-corrected chi connectivity index (χ3v) is 3.86. The van der Waals surface area contributed by atoms with Gasteiger partial charge in [-0.15, -0.1) is 0 Å². The molecule has 112 valence electrons. The first-order valence-electron chi connectivity index (χ1n) is 7.19. The first-order valence-corrected chi connectivity index (χ1v) is 7.19. The Morgan fingerprint density at radius 3 is 2.62 bits per heavy atom. The Balaban J connectivity index is 2.49. The van der Waals surface area contributed by atoms with Gasteiger partial charge in [-0.3, -0.25) is 4.79 Å². The maximum Gasteiger partial charge on any atom is 0.336 e. The van der Waals surface area contributed by atoms with Gasteiger partial charge >= 0.3 is 5.63 Å². The van der Waals surface area contributed by atoms with E-state index in [9.17, 15) is 9.59 Å². The molecule has 0 bridgehead atoms. The summed E-state index contributed by atoms with van der Waals surface area (Å²) in [7, 11) is 3.85. The average Bonchev–Trinajstić information content (AvgIpc) is 2.45. The highest BCUT2D eigenvalue weighted by Crippen LogP contribution is 2.23. The normalized spacial score (nSPS) is 12.4. The highest BCUT2D eigenvalue weighted by Gasteiger charge is 2.15. The molecule has 1 unspecified atom stereocenters. The zero-order valence-corrected chi connectivity index (χ0v) is 13.0. The molecule has 4 nitrogen and oxygen atoms in total. The molecular weight excluding hydrogens is 266 g/mol. The quantitative estimate of drug-likeness (QED) is 0.793. The molecule has 4 heteroatoms. The first-order chi connectivity index (χ1) is 9.92. The van der Waals surface area contributed by atoms with Crippen molar-refractivity contribution >= 4 is 22.4 Å². The van der Waals surface area contributed by atoms with Gasteiger partial charge in [0.2, 0.25) is 0 Å². The molecule has 0 amide bonds. The summed E-state index contributed by atoms with van der Waals surface area (Å²) in [6.07, 6.45) is 1.08. The van der Waals surface area contributed by atoms with Crippen molar-refractivity contribution in [2.45, 2.75) is 26.7 Å². The minimum absolute atomic E-state index is 0.00773. The molecule has 2 aromatic rings. The van der Waals surface area contributed by atoms with Gasteiger partial charge in [0.25, 0.3) is 0 Å². The van der Waals surface area contributed by atoms with Crippen molar-refractivity contribution < 1.29 is 9.21 Å². The molecule has 2 rings (SSSR count). The van der Waals surface area contributed by atoms with Crippen LogP contribution in [0, 0.1) is 5.92 Å². The lowest BCUT2D eigenvalue weighted by atomic mass is 9.96. The molecule has 1 aromatic carbocycles. The van der Waals surface area contributed by atoms with Crippen LogP contribution in [0.25, 0.3) is 11.0 Å². The van der Waals surface area contributed by atoms with Crippen LogP contribution >= 0.6 is 0 Å². The minimum Gasteiger partial charge on any atom is -0.423 e. The number of carbonyl (C=O) groups is 1. The molecule has 0 aliphatic heterocycles. The van der Waals surface area contributed by atoms with Crippen LogP contribution in [-0.4, -0.2) is 19.9 Å². The molecule has 0 fully saturated rings. The van der Waals surface area contributed by atoms with Crippen molar-refractivity contribution in [3.63, 3.8) is 0 Å². The molecular formula is C17H21NO3. The molecule has 0 saturated carbocycles. The van der Waals surface area contributed by atoms with Crippen molar-refractivity contribution in [3.05, 3.63) is 40.2 Å². The number of Topliss-reactive ketones (excluding diaryl/α,β-unsaturated/α-hetero) is 1. The van der Waals surface area contributed by atoms with Gasteiger partial charge in [0.05, 0.1) is 0 Å². The number of benzene rings is 1. The lowest BCUT2D eigenvalue weighted by Crippen LogP contribution is -2.14. The average molecular weight is 287 g/mol. The summed E-state index contributed by atoms with van der Waals surface area (Å²) in [6.45, 7) is 3.91. The predicted molar refractivity (Wildman–Crippen MR) is 85.0 cm³/mol. The van der Waals surface area contributed by atoms with Crippen molar-refractivity contribution in [1.29, 1.82) is 0 Å². The fourth-order valence-electron chi connectivity index (χ4n) is 2.23. The third kappa shape index (κ3) is 3.32. The van der Waals surface area contributed by atoms with E-state index in [-0.39, 0.29) is 18.1 Å². The maximum absolute atomic E-state index is 12.1. The topological polar surface area (TPSA) is 50.5 Å². The molecule has 0 radical (unpaired) electrons. The van der Waals surface area contributed by atoms with Gasteiger partial charge in [0, 0.05) is 49.6 Å². The van der Waals surface area contributed by atoms with Gasteiger partial charge in [0.1, 0.15) is 11.4 Å². The molecule has 0 N–H and O–H groups in total. The summed E-state index contributed by atoms with van der Waals surface area (Å²) in [5, 5.41) is 0.830. The number of rotatable bonds is 5. The molecule has 1 heterocycles. The fraction of sp³-hybridized carbons (Fsp3) is 0.412. The van der Waals surface area contributed by atoms with Crippen LogP contribution in [0.3, 0.4) is 0 Å². The minimum atomic E-state index is -0.412. The highest BCUT2D eigenvalue weighted by molar-refractivity contribution is 5.90. The second-order valence-corrected chi connectivity index (χ2v) is 5.62. The molecule has 0 spiro atoms. The number of ketones is 1. The van der Waals surface area contributed by atoms with Crippen molar-refractivity contribution in [2.24, 2.45) is 5.92 Å². The van der Waals surface area contributed by atoms with E-state index < -0.39 is 5.63 Å². The maximum atomic E-state index is 12.1. The van der Waals surface area contributed by atoms with E-state index in [2.05, 4.69) is 0 Å². The Bertz CT molecular complexity index is 716. The molecule has 0 aliphatic carbocycles. The number of hydrogen-bond donors (Lipinski definition) is 0. The van der Waals surface area contributed by atoms with Gasteiger partial charge in [-0.1, -0.05) is 13.8 Å². The van der Waals surface area contributed by atoms with E-state index in [0.717, 1.165) is 23.1 Å². The second-order valence-electron chi connectivity index (χ2n) is 5.62. The van der Waals surface area contributed by atoms with E-state index >= 15 is 0 Å². The number of fused-ring (bicyclic) bond motifs is 1. The monoisotopic (exact) mass is 287 g/mol. The van der Waals surface area contributed by atoms with Gasteiger partial charge in [-0.25, -0.2) is 4.79 Å². The van der Waals surface area contributed by atoms with E-state index in [1.165, 1.54) is 6.07 Å². The molecule has 0 saturated heterocycles. The molecule has 1 atom stereocenters. The Labute approximate surface area is 124 Å². The van der Waals surface area contributed by atoms with Crippen molar-refractivity contribution in [3.8, 4) is 0 Å². The van der Waals surface area contributed by atoms with Crippen LogP contribution in [0.15, 0.2) is 33.5 Å². The number of carbonyl (C=O) groups excluding carboxylic acids is 1. The molecule has 0 aliphatic rings. The summed E-state index contributed by atoms with van der Waals surface area (Å²) < 4.78 is 5.27. The Morgan fingerprint density at radius 1 is 1.29 bits per heavy atom. The summed E-state index contributed by atoms with van der Waals surface area (Å²) in [5.41, 5.74) is 1.82. The highest BCUT2D eigenvalue weighted by atomic mass is 16.4. The summed E-state index contributed by atoms with van der Waals surface area (Å²) >= 11 is 0. The van der Waals surface area contributed by atoms with Gasteiger partial charge < -0.3 is 9.32 Å². The van der Waals surface area contributed by atoms with E-state index in [1.807, 2.05) is 51.0 Å². The van der Waals surface area contributed by atoms with Gasteiger partial charge in [-0.2, -0.15) is 0 Å². The van der Waals surface area contributed by atoms with Crippen LogP contribution in [-0.2, 0) is 11.2 Å². The van der Waals surface area contributed by atoms with Gasteiger partial charge in [0.15, 0.2) is 0 Å².